The van der Waals surface area contributed by atoms with Gasteiger partial charge in [-0.05, 0) is 24.0 Å². The highest BCUT2D eigenvalue weighted by atomic mass is 16.3. The van der Waals surface area contributed by atoms with Crippen LogP contribution < -0.4 is 0 Å². The minimum absolute atomic E-state index is 0.0784. The largest absolute Gasteiger partial charge is 0.369 e. The van der Waals surface area contributed by atoms with E-state index in [2.05, 4.69) is 0 Å². The molecule has 1 atom stereocenters. The van der Waals surface area contributed by atoms with Crippen LogP contribution in [-0.2, 0) is 11.2 Å². The summed E-state index contributed by atoms with van der Waals surface area (Å²) in [5.74, 6) is -0.0784. The minimum atomic E-state index is -0.726. The van der Waals surface area contributed by atoms with Gasteiger partial charge in [0.1, 0.15) is 0 Å². The number of carbonyl (C=O) groups is 1. The highest BCUT2D eigenvalue weighted by Crippen LogP contribution is 2.20. The Hall–Kier alpha value is -1.61. The van der Waals surface area contributed by atoms with Crippen molar-refractivity contribution in [1.29, 1.82) is 0 Å². The van der Waals surface area contributed by atoms with E-state index in [1.165, 1.54) is 10.5 Å². The van der Waals surface area contributed by atoms with Gasteiger partial charge in [-0.1, -0.05) is 37.3 Å². The third-order valence-electron chi connectivity index (χ3n) is 3.11. The van der Waals surface area contributed by atoms with Crippen LogP contribution in [0.3, 0.4) is 0 Å². The summed E-state index contributed by atoms with van der Waals surface area (Å²) in [5.41, 5.74) is 1.99. The maximum atomic E-state index is 11.7. The number of nitrogens with zero attached hydrogens (tertiary/aromatic N) is 1. The number of hydrogen-bond donors (Lipinski definition) is 1. The van der Waals surface area contributed by atoms with Crippen molar-refractivity contribution in [2.45, 2.75) is 26.0 Å². The third kappa shape index (κ3) is 2.56. The zero-order valence-corrected chi connectivity index (χ0v) is 9.97. The van der Waals surface area contributed by atoms with E-state index in [1.807, 2.05) is 37.3 Å². The van der Waals surface area contributed by atoms with E-state index in [4.69, 9.17) is 0 Å². The molecule has 0 spiro atoms. The Bertz CT molecular complexity index is 425. The molecule has 0 aromatic heterocycles. The van der Waals surface area contributed by atoms with Gasteiger partial charge in [0.25, 0.3) is 0 Å². The van der Waals surface area contributed by atoms with Crippen LogP contribution in [0.25, 0.3) is 0 Å². The second kappa shape index (κ2) is 5.15. The Morgan fingerprint density at radius 1 is 1.29 bits per heavy atom. The molecule has 1 aromatic rings. The van der Waals surface area contributed by atoms with Gasteiger partial charge in [-0.25, -0.2) is 0 Å². The Kier molecular flexibility index (Phi) is 3.59. The Balaban J connectivity index is 1.95. The highest BCUT2D eigenvalue weighted by Gasteiger charge is 2.29. The molecular formula is C14H17NO2. The first kappa shape index (κ1) is 11.9. The average Bonchev–Trinajstić information content (AvgIpc) is 2.63. The lowest BCUT2D eigenvalue weighted by atomic mass is 10.1. The molecule has 0 fully saturated rings. The number of benzene rings is 1. The molecule has 0 saturated carbocycles. The van der Waals surface area contributed by atoms with E-state index in [1.54, 1.807) is 6.08 Å². The molecule has 1 heterocycles. The maximum absolute atomic E-state index is 11.7. The van der Waals surface area contributed by atoms with Gasteiger partial charge in [0.15, 0.2) is 6.23 Å². The Labute approximate surface area is 101 Å². The molecule has 1 aliphatic rings. The molecule has 3 heteroatoms. The standard InChI is InChI=1S/C14H17NO2/c1-2-12-10-13(16)15(14(12)17)9-8-11-6-4-3-5-7-11/h3-7,10,14,17H,2,8-9H2,1H3. The predicted octanol–water partition coefficient (Wildman–Crippen LogP) is 1.73. The normalized spacial score (nSPS) is 19.6. The smallest absolute Gasteiger partial charge is 0.248 e. The summed E-state index contributed by atoms with van der Waals surface area (Å²) in [4.78, 5) is 13.2. The zero-order valence-electron chi connectivity index (χ0n) is 9.97. The van der Waals surface area contributed by atoms with E-state index in [0.29, 0.717) is 6.54 Å². The average molecular weight is 231 g/mol. The molecule has 0 bridgehead atoms. The molecule has 1 aliphatic heterocycles. The lowest BCUT2D eigenvalue weighted by molar-refractivity contribution is -0.130. The first-order valence-electron chi connectivity index (χ1n) is 5.95. The first-order chi connectivity index (χ1) is 8.22. The molecule has 1 amide bonds. The molecule has 2 rings (SSSR count). The van der Waals surface area contributed by atoms with Gasteiger partial charge < -0.3 is 10.0 Å². The maximum Gasteiger partial charge on any atom is 0.248 e. The van der Waals surface area contributed by atoms with E-state index in [-0.39, 0.29) is 5.91 Å². The van der Waals surface area contributed by atoms with Gasteiger partial charge in [0, 0.05) is 12.6 Å². The molecule has 1 unspecified atom stereocenters. The van der Waals surface area contributed by atoms with Crippen molar-refractivity contribution in [3.8, 4) is 0 Å². The van der Waals surface area contributed by atoms with Gasteiger partial charge in [0.05, 0.1) is 0 Å². The van der Waals surface area contributed by atoms with Gasteiger partial charge in [-0.15, -0.1) is 0 Å². The Morgan fingerprint density at radius 2 is 2.00 bits per heavy atom. The van der Waals surface area contributed by atoms with E-state index in [9.17, 15) is 9.90 Å². The van der Waals surface area contributed by atoms with Gasteiger partial charge in [-0.3, -0.25) is 4.79 Å². The summed E-state index contributed by atoms with van der Waals surface area (Å²) >= 11 is 0. The number of hydrogen-bond acceptors (Lipinski definition) is 2. The summed E-state index contributed by atoms with van der Waals surface area (Å²) in [7, 11) is 0. The number of aliphatic hydroxyl groups excluding tert-OH is 1. The SMILES string of the molecule is CCC1=CC(=O)N(CCc2ccccc2)C1O. The lowest BCUT2D eigenvalue weighted by Gasteiger charge is -2.22. The van der Waals surface area contributed by atoms with Crippen molar-refractivity contribution in [1.82, 2.24) is 4.90 Å². The van der Waals surface area contributed by atoms with Gasteiger partial charge in [-0.2, -0.15) is 0 Å². The Morgan fingerprint density at radius 3 is 2.59 bits per heavy atom. The second-order valence-electron chi connectivity index (χ2n) is 4.21. The zero-order chi connectivity index (χ0) is 12.3. The molecule has 90 valence electrons. The summed E-state index contributed by atoms with van der Waals surface area (Å²) in [6, 6.07) is 9.98. The predicted molar refractivity (Wildman–Crippen MR) is 66.2 cm³/mol. The van der Waals surface area contributed by atoms with Crippen LogP contribution >= 0.6 is 0 Å². The quantitative estimate of drug-likeness (QED) is 0.857. The summed E-state index contributed by atoms with van der Waals surface area (Å²) in [6.07, 6.45) is 2.31. The third-order valence-corrected chi connectivity index (χ3v) is 3.11. The van der Waals surface area contributed by atoms with E-state index in [0.717, 1.165) is 18.4 Å². The fraction of sp³-hybridized carbons (Fsp3) is 0.357. The van der Waals surface area contributed by atoms with Crippen molar-refractivity contribution >= 4 is 5.91 Å². The lowest BCUT2D eigenvalue weighted by Crippen LogP contribution is -2.36. The van der Waals surface area contributed by atoms with Crippen LogP contribution in [0.4, 0.5) is 0 Å². The summed E-state index contributed by atoms with van der Waals surface area (Å²) < 4.78 is 0. The van der Waals surface area contributed by atoms with E-state index >= 15 is 0 Å². The van der Waals surface area contributed by atoms with Crippen molar-refractivity contribution in [3.63, 3.8) is 0 Å². The molecule has 1 aromatic carbocycles. The van der Waals surface area contributed by atoms with Crippen molar-refractivity contribution < 1.29 is 9.90 Å². The monoisotopic (exact) mass is 231 g/mol. The molecular weight excluding hydrogens is 214 g/mol. The molecule has 0 aliphatic carbocycles. The number of rotatable bonds is 4. The minimum Gasteiger partial charge on any atom is -0.369 e. The summed E-state index contributed by atoms with van der Waals surface area (Å²) in [6.45, 7) is 2.51. The number of carbonyl (C=O) groups excluding carboxylic acids is 1. The number of aliphatic hydroxyl groups is 1. The van der Waals surface area contributed by atoms with Crippen LogP contribution in [-0.4, -0.2) is 28.7 Å². The molecule has 0 saturated heterocycles. The molecule has 0 radical (unpaired) electrons. The topological polar surface area (TPSA) is 40.5 Å². The van der Waals surface area contributed by atoms with E-state index < -0.39 is 6.23 Å². The van der Waals surface area contributed by atoms with Crippen molar-refractivity contribution in [3.05, 3.63) is 47.5 Å². The van der Waals surface area contributed by atoms with Crippen molar-refractivity contribution in [2.24, 2.45) is 0 Å². The first-order valence-corrected chi connectivity index (χ1v) is 5.95. The molecule has 17 heavy (non-hydrogen) atoms. The van der Waals surface area contributed by atoms with Crippen LogP contribution in [0.15, 0.2) is 42.0 Å². The van der Waals surface area contributed by atoms with Crippen LogP contribution in [0.5, 0.6) is 0 Å². The van der Waals surface area contributed by atoms with Crippen LogP contribution in [0.2, 0.25) is 0 Å². The molecule has 1 N–H and O–H groups in total. The van der Waals surface area contributed by atoms with Crippen molar-refractivity contribution in [2.75, 3.05) is 6.54 Å². The van der Waals surface area contributed by atoms with Crippen LogP contribution in [0.1, 0.15) is 18.9 Å². The van der Waals surface area contributed by atoms with Crippen LogP contribution in [0, 0.1) is 0 Å². The second-order valence-corrected chi connectivity index (χ2v) is 4.21. The van der Waals surface area contributed by atoms with Gasteiger partial charge >= 0.3 is 0 Å². The van der Waals surface area contributed by atoms with Gasteiger partial charge in [0.2, 0.25) is 5.91 Å². The summed E-state index contributed by atoms with van der Waals surface area (Å²) in [5, 5.41) is 9.93. The fourth-order valence-corrected chi connectivity index (χ4v) is 2.05. The molecule has 3 nitrogen and oxygen atoms in total. The highest BCUT2D eigenvalue weighted by molar-refractivity contribution is 5.91. The number of amides is 1. The fourth-order valence-electron chi connectivity index (χ4n) is 2.05.